The van der Waals surface area contributed by atoms with Gasteiger partial charge in [-0.2, -0.15) is 0 Å². The molecule has 0 radical (unpaired) electrons. The van der Waals surface area contributed by atoms with Crippen LogP contribution in [0.15, 0.2) is 12.2 Å². The minimum Gasteiger partial charge on any atom is -0.462 e. The van der Waals surface area contributed by atoms with Crippen LogP contribution < -0.4 is 5.48 Å². The predicted octanol–water partition coefficient (Wildman–Crippen LogP) is 5.87. The van der Waals surface area contributed by atoms with Crippen LogP contribution in [0.2, 0.25) is 0 Å². The standard InChI is InChI=1S/C36H55NO7/c1-10-20(2)25(18-37-42-9)31(41)32(44-24(6)39)22(4)30-28(43-23(5)38)17-34(8)29-12-11-26-21(3)27(40)13-14-35(26)19-36(29,35)16-15-33(30,34)7/h13-14,20-22,25-26,28-30,32,37H,10-12,15-19H2,1-9H3/t20-,21-,22-,25?,26-,28-,29-,30-,32+,33+,34-,35+,36-/m0/s1. The lowest BCUT2D eigenvalue weighted by Crippen LogP contribution is -2.56. The fraction of sp³-hybridized carbons (Fsp3) is 0.833. The van der Waals surface area contributed by atoms with Crippen molar-refractivity contribution in [2.24, 2.45) is 63.1 Å². The Balaban J connectivity index is 1.53. The molecule has 0 amide bonds. The Kier molecular flexibility index (Phi) is 8.80. The lowest BCUT2D eigenvalue weighted by molar-refractivity contribution is -0.169. The molecule has 0 heterocycles. The number of carbonyl (C=O) groups excluding carboxylic acids is 4. The maximum absolute atomic E-state index is 14.3. The van der Waals surface area contributed by atoms with Gasteiger partial charge < -0.3 is 14.3 Å². The molecular formula is C36H55NO7. The summed E-state index contributed by atoms with van der Waals surface area (Å²) in [6, 6.07) is 0. The van der Waals surface area contributed by atoms with E-state index in [0.717, 1.165) is 44.9 Å². The smallest absolute Gasteiger partial charge is 0.303 e. The molecule has 2 spiro atoms. The van der Waals surface area contributed by atoms with Gasteiger partial charge in [0.15, 0.2) is 17.7 Å². The van der Waals surface area contributed by atoms with Gasteiger partial charge >= 0.3 is 11.9 Å². The molecule has 8 nitrogen and oxygen atoms in total. The van der Waals surface area contributed by atoms with Crippen LogP contribution in [-0.2, 0) is 33.5 Å². The topological polar surface area (TPSA) is 108 Å². The van der Waals surface area contributed by atoms with Gasteiger partial charge in [0.25, 0.3) is 0 Å². The van der Waals surface area contributed by atoms with Crippen LogP contribution in [0.25, 0.3) is 0 Å². The molecule has 246 valence electrons. The van der Waals surface area contributed by atoms with E-state index in [1.165, 1.54) is 21.0 Å². The average Bonchev–Trinajstić information content (AvgIpc) is 3.57. The summed E-state index contributed by atoms with van der Waals surface area (Å²) in [4.78, 5) is 57.3. The molecule has 0 aromatic rings. The number of ether oxygens (including phenoxy) is 2. The lowest BCUT2D eigenvalue weighted by Gasteiger charge is -2.61. The second-order valence-corrected chi connectivity index (χ2v) is 15.7. The third-order valence-electron chi connectivity index (χ3n) is 14.1. The number of ketones is 2. The monoisotopic (exact) mass is 613 g/mol. The van der Waals surface area contributed by atoms with Crippen molar-refractivity contribution in [1.82, 2.24) is 5.48 Å². The molecular weight excluding hydrogens is 558 g/mol. The summed E-state index contributed by atoms with van der Waals surface area (Å²) in [5.74, 6) is -0.640. The van der Waals surface area contributed by atoms with Crippen molar-refractivity contribution in [3.63, 3.8) is 0 Å². The van der Waals surface area contributed by atoms with E-state index >= 15 is 0 Å². The fourth-order valence-electron chi connectivity index (χ4n) is 11.7. The first-order valence-electron chi connectivity index (χ1n) is 17.0. The first kappa shape index (κ1) is 33.3. The Hall–Kier alpha value is -2.06. The number of rotatable bonds is 11. The molecule has 0 bridgehead atoms. The molecule has 0 aromatic carbocycles. The van der Waals surface area contributed by atoms with E-state index in [4.69, 9.17) is 14.3 Å². The quantitative estimate of drug-likeness (QED) is 0.228. The molecule has 13 atom stereocenters. The highest BCUT2D eigenvalue weighted by atomic mass is 16.6. The number of Topliss-reactive ketones (excluding diaryl/α,β-unsaturated/α-hetero) is 1. The molecule has 5 aliphatic carbocycles. The van der Waals surface area contributed by atoms with Crippen LogP contribution in [-0.4, -0.2) is 49.4 Å². The number of fused-ring (bicyclic) bond motifs is 2. The van der Waals surface area contributed by atoms with Gasteiger partial charge in [0, 0.05) is 44.1 Å². The fourth-order valence-corrected chi connectivity index (χ4v) is 11.7. The minimum atomic E-state index is -0.959. The number of hydroxylamine groups is 1. The zero-order chi connectivity index (χ0) is 32.4. The average molecular weight is 614 g/mol. The molecule has 1 unspecified atom stereocenters. The van der Waals surface area contributed by atoms with Crippen molar-refractivity contribution < 1.29 is 33.5 Å². The normalized spacial score (nSPS) is 42.9. The second-order valence-electron chi connectivity index (χ2n) is 15.7. The van der Waals surface area contributed by atoms with Gasteiger partial charge in [-0.1, -0.05) is 54.0 Å². The summed E-state index contributed by atoms with van der Waals surface area (Å²) < 4.78 is 12.1. The highest BCUT2D eigenvalue weighted by Crippen LogP contribution is 2.87. The van der Waals surface area contributed by atoms with E-state index in [2.05, 4.69) is 39.3 Å². The van der Waals surface area contributed by atoms with Crippen molar-refractivity contribution in [3.8, 4) is 0 Å². The lowest BCUT2D eigenvalue weighted by atomic mass is 9.43. The number of nitrogens with one attached hydrogen (secondary N) is 1. The van der Waals surface area contributed by atoms with Gasteiger partial charge in [-0.3, -0.25) is 19.2 Å². The van der Waals surface area contributed by atoms with Crippen molar-refractivity contribution in [2.75, 3.05) is 13.7 Å². The zero-order valence-electron chi connectivity index (χ0n) is 28.4. The summed E-state index contributed by atoms with van der Waals surface area (Å²) in [5.41, 5.74) is 2.73. The van der Waals surface area contributed by atoms with E-state index < -0.39 is 18.0 Å². The summed E-state index contributed by atoms with van der Waals surface area (Å²) >= 11 is 0. The van der Waals surface area contributed by atoms with Crippen molar-refractivity contribution >= 4 is 23.5 Å². The number of allylic oxidation sites excluding steroid dienone is 2. The molecule has 0 aromatic heterocycles. The van der Waals surface area contributed by atoms with Gasteiger partial charge in [-0.25, -0.2) is 5.48 Å². The first-order valence-corrected chi connectivity index (χ1v) is 17.0. The molecule has 0 saturated heterocycles. The molecule has 5 aliphatic rings. The summed E-state index contributed by atoms with van der Waals surface area (Å²) in [7, 11) is 1.53. The highest BCUT2D eigenvalue weighted by Gasteiger charge is 2.81. The highest BCUT2D eigenvalue weighted by molar-refractivity contribution is 5.93. The molecule has 4 fully saturated rings. The molecule has 8 heteroatoms. The van der Waals surface area contributed by atoms with E-state index in [1.54, 1.807) is 0 Å². The largest absolute Gasteiger partial charge is 0.462 e. The maximum Gasteiger partial charge on any atom is 0.303 e. The SMILES string of the molecule is CC[C@H](C)C(CNOC)C(=O)[C@H](OC(C)=O)[C@@H](C)[C@H]1[C@@H](OC(C)=O)C[C@@]2(C)[C@@H]3CC[C@H]4[C@H](C)C(=O)C=C[C@@]45C[C@@]35CC[C@]12C. The zero-order valence-corrected chi connectivity index (χ0v) is 28.4. The van der Waals surface area contributed by atoms with Gasteiger partial charge in [0.1, 0.15) is 6.10 Å². The second kappa shape index (κ2) is 11.6. The Labute approximate surface area is 263 Å². The van der Waals surface area contributed by atoms with E-state index in [-0.39, 0.29) is 69.0 Å². The summed E-state index contributed by atoms with van der Waals surface area (Å²) in [6.45, 7) is 16.1. The van der Waals surface area contributed by atoms with Gasteiger partial charge in [0.05, 0.1) is 7.11 Å². The number of esters is 2. The Bertz CT molecular complexity index is 1210. The number of hydrogen-bond acceptors (Lipinski definition) is 8. The van der Waals surface area contributed by atoms with E-state index in [0.29, 0.717) is 18.4 Å². The molecule has 0 aliphatic heterocycles. The van der Waals surface area contributed by atoms with Crippen LogP contribution >= 0.6 is 0 Å². The molecule has 1 N–H and O–H groups in total. The van der Waals surface area contributed by atoms with Gasteiger partial charge in [-0.05, 0) is 84.0 Å². The van der Waals surface area contributed by atoms with E-state index in [9.17, 15) is 19.2 Å². The third-order valence-corrected chi connectivity index (χ3v) is 14.1. The first-order chi connectivity index (χ1) is 20.6. The summed E-state index contributed by atoms with van der Waals surface area (Å²) in [6.07, 6.45) is 9.53. The summed E-state index contributed by atoms with van der Waals surface area (Å²) in [5, 5.41) is 0. The molecule has 5 rings (SSSR count). The van der Waals surface area contributed by atoms with E-state index in [1.807, 2.05) is 19.9 Å². The van der Waals surface area contributed by atoms with Crippen LogP contribution in [0.5, 0.6) is 0 Å². The Morgan fingerprint density at radius 1 is 1.07 bits per heavy atom. The number of carbonyl (C=O) groups is 4. The van der Waals surface area contributed by atoms with Crippen molar-refractivity contribution in [3.05, 3.63) is 12.2 Å². The Morgan fingerprint density at radius 3 is 2.39 bits per heavy atom. The Morgan fingerprint density at radius 2 is 1.77 bits per heavy atom. The predicted molar refractivity (Wildman–Crippen MR) is 166 cm³/mol. The molecule has 4 saturated carbocycles. The minimum absolute atomic E-state index is 0.0534. The molecule has 44 heavy (non-hydrogen) atoms. The van der Waals surface area contributed by atoms with Crippen LogP contribution in [0.1, 0.15) is 100 Å². The maximum atomic E-state index is 14.3. The van der Waals surface area contributed by atoms with Gasteiger partial charge in [-0.15, -0.1) is 0 Å². The van der Waals surface area contributed by atoms with Gasteiger partial charge in [0.2, 0.25) is 0 Å². The van der Waals surface area contributed by atoms with Crippen LogP contribution in [0, 0.1) is 63.1 Å². The third kappa shape index (κ3) is 4.75. The van der Waals surface area contributed by atoms with Crippen LogP contribution in [0.3, 0.4) is 0 Å². The van der Waals surface area contributed by atoms with Crippen LogP contribution in [0.4, 0.5) is 0 Å². The van der Waals surface area contributed by atoms with Crippen molar-refractivity contribution in [1.29, 1.82) is 0 Å². The number of hydrogen-bond donors (Lipinski definition) is 1. The van der Waals surface area contributed by atoms with Crippen molar-refractivity contribution in [2.45, 2.75) is 113 Å².